The number of piperazine rings is 1. The topological polar surface area (TPSA) is 58.3 Å². The molecule has 2 aliphatic rings. The Balaban J connectivity index is 1.43. The summed E-state index contributed by atoms with van der Waals surface area (Å²) in [5.74, 6) is 0.373. The Morgan fingerprint density at radius 1 is 1.07 bits per heavy atom. The van der Waals surface area contributed by atoms with Gasteiger partial charge in [-0.3, -0.25) is 9.59 Å². The molecule has 3 rings (SSSR count). The molecule has 0 unspecified atom stereocenters. The van der Waals surface area contributed by atoms with E-state index in [2.05, 4.69) is 24.4 Å². The fraction of sp³-hybridized carbons (Fsp3) is 0.619. The molecule has 0 bridgehead atoms. The van der Waals surface area contributed by atoms with Crippen molar-refractivity contribution in [1.82, 2.24) is 4.90 Å². The van der Waals surface area contributed by atoms with Crippen molar-refractivity contribution >= 4 is 17.5 Å². The fourth-order valence-electron chi connectivity index (χ4n) is 4.09. The van der Waals surface area contributed by atoms with Gasteiger partial charge in [0.2, 0.25) is 0 Å². The van der Waals surface area contributed by atoms with Gasteiger partial charge in [-0.05, 0) is 43.9 Å². The Morgan fingerprint density at radius 3 is 2.30 bits per heavy atom. The van der Waals surface area contributed by atoms with E-state index in [9.17, 15) is 9.59 Å². The van der Waals surface area contributed by atoms with Crippen molar-refractivity contribution in [3.63, 3.8) is 0 Å². The van der Waals surface area contributed by atoms with Gasteiger partial charge >= 0.3 is 0 Å². The highest BCUT2D eigenvalue weighted by atomic mass is 16.2. The summed E-state index contributed by atoms with van der Waals surface area (Å²) in [7, 11) is 0. The fourth-order valence-corrected chi connectivity index (χ4v) is 4.09. The number of nitrogens with one attached hydrogen (secondary N) is 3. The average molecular weight is 375 g/mol. The number of benzene rings is 1. The van der Waals surface area contributed by atoms with Crippen molar-refractivity contribution in [2.24, 2.45) is 0 Å². The second-order valence-electron chi connectivity index (χ2n) is 7.93. The molecule has 1 aromatic rings. The third kappa shape index (κ3) is 5.30. The summed E-state index contributed by atoms with van der Waals surface area (Å²) in [5, 5.41) is 3.04. The Hall–Kier alpha value is -1.92. The zero-order valence-electron chi connectivity index (χ0n) is 16.7. The van der Waals surface area contributed by atoms with Gasteiger partial charge in [-0.25, -0.2) is 0 Å². The van der Waals surface area contributed by atoms with Crippen molar-refractivity contribution in [3.8, 4) is 0 Å². The summed E-state index contributed by atoms with van der Waals surface area (Å²) in [6, 6.07) is 8.00. The number of rotatable bonds is 6. The van der Waals surface area contributed by atoms with Crippen LogP contribution in [0.3, 0.4) is 0 Å². The van der Waals surface area contributed by atoms with E-state index in [1.165, 1.54) is 15.4 Å². The summed E-state index contributed by atoms with van der Waals surface area (Å²) in [5.41, 5.74) is 2.14. The average Bonchev–Trinajstić information content (AvgIpc) is 3.23. The Bertz CT molecular complexity index is 632. The van der Waals surface area contributed by atoms with E-state index in [4.69, 9.17) is 0 Å². The maximum absolute atomic E-state index is 12.6. The molecule has 2 heterocycles. The maximum atomic E-state index is 12.6. The van der Waals surface area contributed by atoms with Gasteiger partial charge in [0.1, 0.15) is 26.2 Å². The molecule has 1 aromatic carbocycles. The van der Waals surface area contributed by atoms with Crippen LogP contribution >= 0.6 is 0 Å². The lowest BCUT2D eigenvalue weighted by Crippen LogP contribution is -3.30. The molecule has 148 valence electrons. The predicted octanol–water partition coefficient (Wildman–Crippen LogP) is -1.02. The zero-order valence-corrected chi connectivity index (χ0v) is 16.7. The van der Waals surface area contributed by atoms with Crippen LogP contribution in [0.1, 0.15) is 32.3 Å². The van der Waals surface area contributed by atoms with E-state index in [0.717, 1.165) is 64.2 Å². The number of likely N-dealkylation sites (tertiary alicyclic amines) is 1. The van der Waals surface area contributed by atoms with E-state index >= 15 is 0 Å². The van der Waals surface area contributed by atoms with Crippen LogP contribution in [0.25, 0.3) is 0 Å². The van der Waals surface area contributed by atoms with E-state index in [1.54, 1.807) is 0 Å². The molecule has 6 heteroatoms. The standard InChI is InChI=1S/C21H32N4O2/c1-3-18-6-8-19(9-7-18)22-21(27)17(2)24-14-12-23(13-15-24)16-20(26)25-10-4-5-11-25/h6-9,17H,3-5,10-16H2,1-2H3,(H,22,27)/p+2/t17-/m1/s1. The first-order valence-corrected chi connectivity index (χ1v) is 10.4. The van der Waals surface area contributed by atoms with Crippen LogP contribution in [0, 0.1) is 0 Å². The third-order valence-corrected chi connectivity index (χ3v) is 6.09. The highest BCUT2D eigenvalue weighted by molar-refractivity contribution is 5.93. The Kier molecular flexibility index (Phi) is 6.85. The molecule has 2 aliphatic heterocycles. The predicted molar refractivity (Wildman–Crippen MR) is 106 cm³/mol. The number of carbonyl (C=O) groups excluding carboxylic acids is 2. The number of quaternary nitrogens is 2. The first kappa shape index (κ1) is 19.8. The summed E-state index contributed by atoms with van der Waals surface area (Å²) >= 11 is 0. The highest BCUT2D eigenvalue weighted by Crippen LogP contribution is 2.10. The minimum Gasteiger partial charge on any atom is -0.338 e. The van der Waals surface area contributed by atoms with Crippen LogP contribution in [-0.4, -0.2) is 68.6 Å². The first-order chi connectivity index (χ1) is 13.1. The van der Waals surface area contributed by atoms with Crippen LogP contribution < -0.4 is 15.1 Å². The third-order valence-electron chi connectivity index (χ3n) is 6.09. The van der Waals surface area contributed by atoms with Gasteiger partial charge in [-0.2, -0.15) is 0 Å². The van der Waals surface area contributed by atoms with E-state index in [0.29, 0.717) is 12.5 Å². The van der Waals surface area contributed by atoms with E-state index in [-0.39, 0.29) is 11.9 Å². The first-order valence-electron chi connectivity index (χ1n) is 10.4. The molecule has 0 spiro atoms. The van der Waals surface area contributed by atoms with Crippen LogP contribution in [0.2, 0.25) is 0 Å². The largest absolute Gasteiger partial charge is 0.338 e. The van der Waals surface area contributed by atoms with Crippen molar-refractivity contribution in [2.75, 3.05) is 51.1 Å². The van der Waals surface area contributed by atoms with Gasteiger partial charge in [0.25, 0.3) is 11.8 Å². The molecule has 2 amide bonds. The van der Waals surface area contributed by atoms with Gasteiger partial charge in [0.05, 0.1) is 0 Å². The summed E-state index contributed by atoms with van der Waals surface area (Å²) in [6.45, 7) is 10.4. The molecule has 27 heavy (non-hydrogen) atoms. The van der Waals surface area contributed by atoms with Gasteiger partial charge in [-0.15, -0.1) is 0 Å². The van der Waals surface area contributed by atoms with Crippen LogP contribution in [0.5, 0.6) is 0 Å². The molecular weight excluding hydrogens is 340 g/mol. The molecule has 0 radical (unpaired) electrons. The zero-order chi connectivity index (χ0) is 19.2. The van der Waals surface area contributed by atoms with Crippen molar-refractivity contribution in [1.29, 1.82) is 0 Å². The molecule has 0 saturated carbocycles. The number of aryl methyl sites for hydroxylation is 1. The smallest absolute Gasteiger partial charge is 0.282 e. The lowest BCUT2D eigenvalue weighted by Gasteiger charge is -2.32. The van der Waals surface area contributed by atoms with E-state index < -0.39 is 0 Å². The second-order valence-corrected chi connectivity index (χ2v) is 7.93. The summed E-state index contributed by atoms with van der Waals surface area (Å²) < 4.78 is 0. The Labute approximate surface area is 162 Å². The molecule has 2 saturated heterocycles. The number of carbonyl (C=O) groups is 2. The van der Waals surface area contributed by atoms with Gasteiger partial charge in [0.15, 0.2) is 12.6 Å². The van der Waals surface area contributed by atoms with Crippen LogP contribution in [0.4, 0.5) is 5.69 Å². The molecule has 3 N–H and O–H groups in total. The van der Waals surface area contributed by atoms with Crippen molar-refractivity contribution in [2.45, 2.75) is 39.2 Å². The SMILES string of the molecule is CCc1ccc(NC(=O)[C@@H](C)[NH+]2CC[NH+](CC(=O)N3CCCC3)CC2)cc1. The molecule has 0 aromatic heterocycles. The minimum atomic E-state index is -0.0771. The van der Waals surface area contributed by atoms with Crippen LogP contribution in [0.15, 0.2) is 24.3 Å². The number of hydrogen-bond acceptors (Lipinski definition) is 2. The molecular formula is C21H34N4O2+2. The molecule has 2 fully saturated rings. The second kappa shape index (κ2) is 9.33. The van der Waals surface area contributed by atoms with E-state index in [1.807, 2.05) is 24.0 Å². The lowest BCUT2D eigenvalue weighted by atomic mass is 10.1. The monoisotopic (exact) mass is 374 g/mol. The molecule has 0 aliphatic carbocycles. The summed E-state index contributed by atoms with van der Waals surface area (Å²) in [4.78, 5) is 29.6. The lowest BCUT2D eigenvalue weighted by molar-refractivity contribution is -1.01. The number of amides is 2. The van der Waals surface area contributed by atoms with Crippen LogP contribution in [-0.2, 0) is 16.0 Å². The van der Waals surface area contributed by atoms with Gasteiger partial charge in [-0.1, -0.05) is 19.1 Å². The Morgan fingerprint density at radius 2 is 1.70 bits per heavy atom. The van der Waals surface area contributed by atoms with Crippen molar-refractivity contribution in [3.05, 3.63) is 29.8 Å². The van der Waals surface area contributed by atoms with Gasteiger partial charge in [0, 0.05) is 18.8 Å². The highest BCUT2D eigenvalue weighted by Gasteiger charge is 2.32. The maximum Gasteiger partial charge on any atom is 0.282 e. The molecule has 1 atom stereocenters. The normalized spacial score (nSPS) is 23.9. The number of hydrogen-bond donors (Lipinski definition) is 3. The number of anilines is 1. The van der Waals surface area contributed by atoms with Gasteiger partial charge < -0.3 is 20.0 Å². The quantitative estimate of drug-likeness (QED) is 0.597. The number of nitrogens with zero attached hydrogens (tertiary/aromatic N) is 1. The van der Waals surface area contributed by atoms with Crippen molar-refractivity contribution < 1.29 is 19.4 Å². The minimum absolute atomic E-state index is 0.0749. The molecule has 6 nitrogen and oxygen atoms in total. The summed E-state index contributed by atoms with van der Waals surface area (Å²) in [6.07, 6.45) is 3.29.